The maximum atomic E-state index is 4.61. The molecule has 0 saturated heterocycles. The van der Waals surface area contributed by atoms with Crippen molar-refractivity contribution in [3.63, 3.8) is 0 Å². The summed E-state index contributed by atoms with van der Waals surface area (Å²) in [5.41, 5.74) is 2.56. The van der Waals surface area contributed by atoms with Gasteiger partial charge in [-0.1, -0.05) is 12.1 Å². The normalized spacial score (nSPS) is 11.0. The van der Waals surface area contributed by atoms with Gasteiger partial charge in [0, 0.05) is 44.3 Å². The first-order chi connectivity index (χ1) is 12.2. The van der Waals surface area contributed by atoms with Gasteiger partial charge in [0.15, 0.2) is 5.96 Å². The zero-order valence-corrected chi connectivity index (χ0v) is 18.3. The van der Waals surface area contributed by atoms with Crippen LogP contribution in [0.25, 0.3) is 0 Å². The summed E-state index contributed by atoms with van der Waals surface area (Å²) in [5.74, 6) is 0.856. The first-order valence-corrected chi connectivity index (χ1v) is 9.04. The first-order valence-electron chi connectivity index (χ1n) is 9.04. The molecular formula is C19H31IN6. The number of aliphatic imine (C=N–C) groups is 1. The van der Waals surface area contributed by atoms with Crippen LogP contribution in [-0.4, -0.2) is 48.5 Å². The number of benzene rings is 1. The second-order valence-corrected chi connectivity index (χ2v) is 5.88. The summed E-state index contributed by atoms with van der Waals surface area (Å²) in [5, 5.41) is 10.9. The van der Waals surface area contributed by atoms with Crippen molar-refractivity contribution in [1.82, 2.24) is 20.4 Å². The molecule has 144 valence electrons. The van der Waals surface area contributed by atoms with Gasteiger partial charge in [0.1, 0.15) is 0 Å². The zero-order chi connectivity index (χ0) is 17.9. The van der Waals surface area contributed by atoms with Gasteiger partial charge in [-0.2, -0.15) is 5.10 Å². The van der Waals surface area contributed by atoms with Crippen molar-refractivity contribution >= 4 is 35.6 Å². The number of halogens is 1. The molecule has 1 aromatic carbocycles. The molecule has 0 spiro atoms. The lowest BCUT2D eigenvalue weighted by atomic mass is 10.2. The highest BCUT2D eigenvalue weighted by atomic mass is 127. The first kappa shape index (κ1) is 22.3. The molecular weight excluding hydrogens is 439 g/mol. The van der Waals surface area contributed by atoms with Gasteiger partial charge in [0.25, 0.3) is 0 Å². The van der Waals surface area contributed by atoms with Gasteiger partial charge in [-0.25, -0.2) is 0 Å². The summed E-state index contributed by atoms with van der Waals surface area (Å²) in [4.78, 5) is 6.98. The standard InChI is InChI=1S/C19H30N6.HI/c1-4-20-19(22-12-15-25-13-7-10-23-25)21-11-14-24(5-2)18-9-6-8-17(3)16-18;/h6-10,13,16H,4-5,11-12,14-15H2,1-3H3,(H2,20,21,22);1H. The van der Waals surface area contributed by atoms with Gasteiger partial charge in [-0.15, -0.1) is 24.0 Å². The van der Waals surface area contributed by atoms with Crippen molar-refractivity contribution in [2.24, 2.45) is 4.99 Å². The van der Waals surface area contributed by atoms with Gasteiger partial charge in [0.2, 0.25) is 0 Å². The third-order valence-electron chi connectivity index (χ3n) is 3.93. The highest BCUT2D eigenvalue weighted by Crippen LogP contribution is 2.14. The van der Waals surface area contributed by atoms with Crippen LogP contribution < -0.4 is 15.5 Å². The Morgan fingerprint density at radius 3 is 2.73 bits per heavy atom. The number of nitrogens with one attached hydrogen (secondary N) is 2. The number of anilines is 1. The number of aryl methyl sites for hydroxylation is 1. The van der Waals surface area contributed by atoms with E-state index in [1.165, 1.54) is 11.3 Å². The van der Waals surface area contributed by atoms with Gasteiger partial charge in [-0.3, -0.25) is 9.67 Å². The number of likely N-dealkylation sites (N-methyl/N-ethyl adjacent to an activating group) is 1. The highest BCUT2D eigenvalue weighted by Gasteiger charge is 2.05. The number of hydrogen-bond acceptors (Lipinski definition) is 3. The molecule has 0 saturated carbocycles. The molecule has 0 aliphatic carbocycles. The third-order valence-corrected chi connectivity index (χ3v) is 3.93. The minimum absolute atomic E-state index is 0. The Labute approximate surface area is 174 Å². The summed E-state index contributed by atoms with van der Waals surface area (Å²) >= 11 is 0. The van der Waals surface area contributed by atoms with E-state index in [9.17, 15) is 0 Å². The fraction of sp³-hybridized carbons (Fsp3) is 0.474. The number of nitrogens with zero attached hydrogens (tertiary/aromatic N) is 4. The van der Waals surface area contributed by atoms with E-state index in [2.05, 4.69) is 70.7 Å². The Morgan fingerprint density at radius 2 is 2.08 bits per heavy atom. The maximum Gasteiger partial charge on any atom is 0.191 e. The third kappa shape index (κ3) is 7.63. The monoisotopic (exact) mass is 470 g/mol. The SMILES string of the molecule is CCNC(=NCCn1cccn1)NCCN(CC)c1cccc(C)c1.I. The number of guanidine groups is 1. The molecule has 0 radical (unpaired) electrons. The van der Waals surface area contributed by atoms with Crippen molar-refractivity contribution in [3.05, 3.63) is 48.3 Å². The minimum Gasteiger partial charge on any atom is -0.370 e. The zero-order valence-electron chi connectivity index (χ0n) is 16.0. The largest absolute Gasteiger partial charge is 0.370 e. The quantitative estimate of drug-likeness (QED) is 0.336. The summed E-state index contributed by atoms with van der Waals surface area (Å²) in [6, 6.07) is 10.6. The Hall–Kier alpha value is -1.77. The Kier molecular flexibility index (Phi) is 10.8. The van der Waals surface area contributed by atoms with Crippen molar-refractivity contribution in [2.45, 2.75) is 27.3 Å². The van der Waals surface area contributed by atoms with Crippen LogP contribution in [0.5, 0.6) is 0 Å². The van der Waals surface area contributed by atoms with Crippen LogP contribution in [0.2, 0.25) is 0 Å². The molecule has 0 aliphatic rings. The van der Waals surface area contributed by atoms with Crippen molar-refractivity contribution < 1.29 is 0 Å². The lowest BCUT2D eigenvalue weighted by Gasteiger charge is -2.24. The number of aromatic nitrogens is 2. The fourth-order valence-electron chi connectivity index (χ4n) is 2.64. The minimum atomic E-state index is 0. The Morgan fingerprint density at radius 1 is 1.23 bits per heavy atom. The van der Waals surface area contributed by atoms with E-state index >= 15 is 0 Å². The average molecular weight is 470 g/mol. The molecule has 0 unspecified atom stereocenters. The molecule has 2 rings (SSSR count). The molecule has 0 fully saturated rings. The van der Waals surface area contributed by atoms with Crippen LogP contribution in [0, 0.1) is 6.92 Å². The molecule has 0 amide bonds. The van der Waals surface area contributed by atoms with Gasteiger partial charge < -0.3 is 15.5 Å². The van der Waals surface area contributed by atoms with Crippen LogP contribution in [0.1, 0.15) is 19.4 Å². The van der Waals surface area contributed by atoms with Gasteiger partial charge in [-0.05, 0) is 44.5 Å². The second-order valence-electron chi connectivity index (χ2n) is 5.88. The van der Waals surface area contributed by atoms with Crippen molar-refractivity contribution in [1.29, 1.82) is 0 Å². The summed E-state index contributed by atoms with van der Waals surface area (Å²) < 4.78 is 1.89. The molecule has 6 nitrogen and oxygen atoms in total. The molecule has 2 aromatic rings. The van der Waals surface area contributed by atoms with E-state index in [0.29, 0.717) is 6.54 Å². The van der Waals surface area contributed by atoms with E-state index in [0.717, 1.165) is 38.7 Å². The van der Waals surface area contributed by atoms with Crippen molar-refractivity contribution in [2.75, 3.05) is 37.6 Å². The van der Waals surface area contributed by atoms with E-state index in [1.807, 2.05) is 16.9 Å². The fourth-order valence-corrected chi connectivity index (χ4v) is 2.64. The van der Waals surface area contributed by atoms with Gasteiger partial charge in [0.05, 0.1) is 13.1 Å². The molecule has 0 atom stereocenters. The van der Waals surface area contributed by atoms with E-state index in [1.54, 1.807) is 6.20 Å². The van der Waals surface area contributed by atoms with Crippen LogP contribution in [-0.2, 0) is 6.54 Å². The molecule has 1 heterocycles. The average Bonchev–Trinajstić information content (AvgIpc) is 3.12. The number of hydrogen-bond donors (Lipinski definition) is 2. The van der Waals surface area contributed by atoms with E-state index in [-0.39, 0.29) is 24.0 Å². The molecule has 1 aromatic heterocycles. The molecule has 26 heavy (non-hydrogen) atoms. The predicted molar refractivity (Wildman–Crippen MR) is 121 cm³/mol. The summed E-state index contributed by atoms with van der Waals surface area (Å²) in [7, 11) is 0. The van der Waals surface area contributed by atoms with E-state index in [4.69, 9.17) is 0 Å². The van der Waals surface area contributed by atoms with E-state index < -0.39 is 0 Å². The van der Waals surface area contributed by atoms with Crippen LogP contribution >= 0.6 is 24.0 Å². The smallest absolute Gasteiger partial charge is 0.191 e. The summed E-state index contributed by atoms with van der Waals surface area (Å²) in [6.07, 6.45) is 3.74. The topological polar surface area (TPSA) is 57.5 Å². The van der Waals surface area contributed by atoms with Gasteiger partial charge >= 0.3 is 0 Å². The molecule has 0 aliphatic heterocycles. The maximum absolute atomic E-state index is 4.61. The lowest BCUT2D eigenvalue weighted by molar-refractivity contribution is 0.622. The van der Waals surface area contributed by atoms with Crippen LogP contribution in [0.4, 0.5) is 5.69 Å². The Balaban J connectivity index is 0.00000338. The Bertz CT molecular complexity index is 641. The predicted octanol–water partition coefficient (Wildman–Crippen LogP) is 2.89. The highest BCUT2D eigenvalue weighted by molar-refractivity contribution is 14.0. The molecule has 7 heteroatoms. The van der Waals surface area contributed by atoms with Crippen LogP contribution in [0.15, 0.2) is 47.7 Å². The van der Waals surface area contributed by atoms with Crippen LogP contribution in [0.3, 0.4) is 0 Å². The molecule has 2 N–H and O–H groups in total. The number of rotatable bonds is 9. The molecule has 0 bridgehead atoms. The van der Waals surface area contributed by atoms with Crippen molar-refractivity contribution in [3.8, 4) is 0 Å². The lowest BCUT2D eigenvalue weighted by Crippen LogP contribution is -2.41. The second kappa shape index (κ2) is 12.6. The summed E-state index contributed by atoms with van der Waals surface area (Å²) in [6.45, 7) is 11.5.